The highest BCUT2D eigenvalue weighted by Crippen LogP contribution is 2.38. The molecule has 0 nitrogen and oxygen atoms in total. The van der Waals surface area contributed by atoms with Crippen molar-refractivity contribution < 1.29 is 0 Å². The van der Waals surface area contributed by atoms with E-state index < -0.39 is 0 Å². The number of allylic oxidation sites excluding steroid dienone is 1. The summed E-state index contributed by atoms with van der Waals surface area (Å²) in [6, 6.07) is 11.1. The molecule has 1 atom stereocenters. The van der Waals surface area contributed by atoms with Crippen LogP contribution in [-0.2, 0) is 6.42 Å². The quantitative estimate of drug-likeness (QED) is 0.674. The maximum absolute atomic E-state index is 4.02. The van der Waals surface area contributed by atoms with E-state index in [1.807, 2.05) is 0 Å². The van der Waals surface area contributed by atoms with Gasteiger partial charge in [-0.05, 0) is 52.3 Å². The molecule has 1 aliphatic rings. The third-order valence-corrected chi connectivity index (χ3v) is 3.87. The van der Waals surface area contributed by atoms with Gasteiger partial charge in [-0.25, -0.2) is 0 Å². The summed E-state index contributed by atoms with van der Waals surface area (Å²) >= 11 is 1.75. The minimum absolute atomic E-state index is 0.748. The summed E-state index contributed by atoms with van der Waals surface area (Å²) in [5.41, 5.74) is 5.53. The van der Waals surface area contributed by atoms with Gasteiger partial charge in [-0.15, -0.1) is 0 Å². The van der Waals surface area contributed by atoms with Gasteiger partial charge in [-0.3, -0.25) is 0 Å². The summed E-state index contributed by atoms with van der Waals surface area (Å²) in [6.45, 7) is 4.02. The van der Waals surface area contributed by atoms with Crippen LogP contribution < -0.4 is 0 Å². The Morgan fingerprint density at radius 3 is 2.81 bits per heavy atom. The van der Waals surface area contributed by atoms with Crippen LogP contribution in [0.4, 0.5) is 0 Å². The van der Waals surface area contributed by atoms with E-state index in [2.05, 4.69) is 47.7 Å². The van der Waals surface area contributed by atoms with Crippen molar-refractivity contribution in [1.29, 1.82) is 0 Å². The van der Waals surface area contributed by atoms with Gasteiger partial charge in [0.1, 0.15) is 0 Å². The van der Waals surface area contributed by atoms with Crippen molar-refractivity contribution in [1.82, 2.24) is 0 Å². The van der Waals surface area contributed by atoms with Crippen molar-refractivity contribution in [2.75, 3.05) is 0 Å². The van der Waals surface area contributed by atoms with Gasteiger partial charge in [-0.1, -0.05) is 36.4 Å². The first kappa shape index (κ1) is 9.86. The van der Waals surface area contributed by atoms with Crippen LogP contribution in [0.1, 0.15) is 12.0 Å². The lowest BCUT2D eigenvalue weighted by Gasteiger charge is -2.02. The fourth-order valence-electron chi connectivity index (χ4n) is 2.07. The first-order valence-electron chi connectivity index (χ1n) is 5.62. The second-order valence-electron chi connectivity index (χ2n) is 4.48. The number of hydrogen-bond acceptors (Lipinski definition) is 1. The highest BCUT2D eigenvalue weighted by molar-refractivity contribution is 7.08. The van der Waals surface area contributed by atoms with E-state index in [0.29, 0.717) is 0 Å². The van der Waals surface area contributed by atoms with Crippen molar-refractivity contribution in [3.8, 4) is 11.1 Å². The van der Waals surface area contributed by atoms with Crippen molar-refractivity contribution >= 4 is 11.3 Å². The van der Waals surface area contributed by atoms with Crippen LogP contribution in [-0.4, -0.2) is 0 Å². The van der Waals surface area contributed by atoms with Gasteiger partial charge in [0.05, 0.1) is 0 Å². The molecule has 0 radical (unpaired) electrons. The third-order valence-electron chi connectivity index (χ3n) is 3.19. The van der Waals surface area contributed by atoms with E-state index in [4.69, 9.17) is 0 Å². The second-order valence-corrected chi connectivity index (χ2v) is 5.26. The van der Waals surface area contributed by atoms with Crippen molar-refractivity contribution in [2.45, 2.75) is 12.8 Å². The second kappa shape index (κ2) is 3.91. The van der Waals surface area contributed by atoms with E-state index in [-0.39, 0.29) is 0 Å². The zero-order valence-corrected chi connectivity index (χ0v) is 9.96. The van der Waals surface area contributed by atoms with E-state index in [1.54, 1.807) is 11.3 Å². The van der Waals surface area contributed by atoms with Crippen molar-refractivity contribution in [2.24, 2.45) is 5.92 Å². The molecule has 16 heavy (non-hydrogen) atoms. The molecule has 80 valence electrons. The van der Waals surface area contributed by atoms with Crippen LogP contribution in [0, 0.1) is 5.92 Å². The van der Waals surface area contributed by atoms with Crippen LogP contribution in [0.25, 0.3) is 11.1 Å². The molecule has 1 aromatic heterocycles. The molecule has 1 saturated carbocycles. The largest absolute Gasteiger partial charge is 0.152 e. The summed E-state index contributed by atoms with van der Waals surface area (Å²) in [5, 5.41) is 4.33. The van der Waals surface area contributed by atoms with Gasteiger partial charge in [0.25, 0.3) is 0 Å². The number of rotatable bonds is 3. The van der Waals surface area contributed by atoms with Gasteiger partial charge in [0.15, 0.2) is 0 Å². The number of hydrogen-bond donors (Lipinski definition) is 0. The fraction of sp³-hybridized carbons (Fsp3) is 0.200. The standard InChI is InChI=1S/C15H14S/c1-11-7-15(11)9-12-3-2-4-13(8-12)14-5-6-16-10-14/h2-6,8,10,15H,1,7,9H2. The fourth-order valence-corrected chi connectivity index (χ4v) is 2.73. The Kier molecular flexibility index (Phi) is 2.41. The molecule has 1 heterocycles. The summed E-state index contributed by atoms with van der Waals surface area (Å²) in [4.78, 5) is 0. The maximum atomic E-state index is 4.02. The topological polar surface area (TPSA) is 0 Å². The van der Waals surface area contributed by atoms with E-state index in [1.165, 1.54) is 28.7 Å². The van der Waals surface area contributed by atoms with Crippen LogP contribution >= 0.6 is 11.3 Å². The molecule has 0 bridgehead atoms. The van der Waals surface area contributed by atoms with Gasteiger partial charge < -0.3 is 0 Å². The monoisotopic (exact) mass is 226 g/mol. The van der Waals surface area contributed by atoms with E-state index >= 15 is 0 Å². The number of thiophene rings is 1. The van der Waals surface area contributed by atoms with Crippen LogP contribution in [0.2, 0.25) is 0 Å². The minimum Gasteiger partial charge on any atom is -0.152 e. The zero-order valence-electron chi connectivity index (χ0n) is 9.15. The minimum atomic E-state index is 0.748. The van der Waals surface area contributed by atoms with Gasteiger partial charge >= 0.3 is 0 Å². The zero-order chi connectivity index (χ0) is 11.0. The Morgan fingerprint density at radius 1 is 1.25 bits per heavy atom. The predicted octanol–water partition coefficient (Wildman–Crippen LogP) is 4.53. The SMILES string of the molecule is C=C1CC1Cc1cccc(-c2ccsc2)c1. The Morgan fingerprint density at radius 2 is 2.12 bits per heavy atom. The summed E-state index contributed by atoms with van der Waals surface area (Å²) in [7, 11) is 0. The summed E-state index contributed by atoms with van der Waals surface area (Å²) in [5.74, 6) is 0.748. The van der Waals surface area contributed by atoms with Gasteiger partial charge in [0, 0.05) is 0 Å². The summed E-state index contributed by atoms with van der Waals surface area (Å²) < 4.78 is 0. The van der Waals surface area contributed by atoms with Crippen LogP contribution in [0.3, 0.4) is 0 Å². The molecule has 1 heteroatoms. The molecule has 2 aromatic rings. The molecule has 0 aliphatic heterocycles. The molecule has 1 aromatic carbocycles. The Hall–Kier alpha value is -1.34. The van der Waals surface area contributed by atoms with Crippen LogP contribution in [0.15, 0.2) is 53.2 Å². The lowest BCUT2D eigenvalue weighted by Crippen LogP contribution is -1.87. The maximum Gasteiger partial charge on any atom is -0.00147 e. The first-order chi connectivity index (χ1) is 7.83. The molecular weight excluding hydrogens is 212 g/mol. The van der Waals surface area contributed by atoms with Crippen molar-refractivity contribution in [3.05, 3.63) is 58.8 Å². The van der Waals surface area contributed by atoms with Crippen molar-refractivity contribution in [3.63, 3.8) is 0 Å². The molecule has 0 spiro atoms. The Balaban J connectivity index is 1.85. The van der Waals surface area contributed by atoms with E-state index in [0.717, 1.165) is 12.3 Å². The number of benzene rings is 1. The Bertz CT molecular complexity index is 508. The molecule has 0 N–H and O–H groups in total. The molecule has 1 fully saturated rings. The third kappa shape index (κ3) is 1.96. The van der Waals surface area contributed by atoms with Gasteiger partial charge in [-0.2, -0.15) is 11.3 Å². The highest BCUT2D eigenvalue weighted by Gasteiger charge is 2.26. The molecule has 0 amide bonds. The summed E-state index contributed by atoms with van der Waals surface area (Å²) in [6.07, 6.45) is 2.39. The predicted molar refractivity (Wildman–Crippen MR) is 70.7 cm³/mol. The molecule has 1 aliphatic carbocycles. The average molecular weight is 226 g/mol. The first-order valence-corrected chi connectivity index (χ1v) is 6.56. The molecular formula is C15H14S. The average Bonchev–Trinajstić information content (AvgIpc) is 2.83. The Labute approximate surface area is 100 Å². The molecule has 3 rings (SSSR count). The van der Waals surface area contributed by atoms with E-state index in [9.17, 15) is 0 Å². The lowest BCUT2D eigenvalue weighted by atomic mass is 10.0. The van der Waals surface area contributed by atoms with Crippen LogP contribution in [0.5, 0.6) is 0 Å². The normalized spacial score (nSPS) is 18.8. The smallest absolute Gasteiger partial charge is 0.00147 e. The lowest BCUT2D eigenvalue weighted by molar-refractivity contribution is 0.861. The highest BCUT2D eigenvalue weighted by atomic mass is 32.1. The molecule has 0 saturated heterocycles. The molecule has 1 unspecified atom stereocenters. The van der Waals surface area contributed by atoms with Gasteiger partial charge in [0.2, 0.25) is 0 Å².